The van der Waals surface area contributed by atoms with Crippen molar-refractivity contribution in [2.75, 3.05) is 13.7 Å². The SMILES string of the molecule is COc1cccc(-c2ccc(CN3CC4(CCCCC4)OC3=O)cc2)c1. The third-order valence-corrected chi connectivity index (χ3v) is 5.54. The molecular weight excluding hydrogens is 326 g/mol. The van der Waals surface area contributed by atoms with Crippen LogP contribution in [0.25, 0.3) is 11.1 Å². The molecule has 1 aliphatic heterocycles. The molecule has 1 saturated heterocycles. The molecule has 0 atom stereocenters. The van der Waals surface area contributed by atoms with Crippen molar-refractivity contribution in [1.29, 1.82) is 0 Å². The first kappa shape index (κ1) is 17.0. The molecule has 4 nitrogen and oxygen atoms in total. The Hall–Kier alpha value is -2.49. The van der Waals surface area contributed by atoms with Crippen molar-refractivity contribution in [2.24, 2.45) is 0 Å². The molecule has 1 spiro atoms. The van der Waals surface area contributed by atoms with Gasteiger partial charge >= 0.3 is 6.09 Å². The van der Waals surface area contributed by atoms with E-state index in [0.717, 1.165) is 54.7 Å². The monoisotopic (exact) mass is 351 g/mol. The zero-order valence-electron chi connectivity index (χ0n) is 15.2. The van der Waals surface area contributed by atoms with Gasteiger partial charge in [0.25, 0.3) is 0 Å². The third kappa shape index (κ3) is 3.41. The van der Waals surface area contributed by atoms with Crippen LogP contribution < -0.4 is 4.74 Å². The van der Waals surface area contributed by atoms with E-state index >= 15 is 0 Å². The van der Waals surface area contributed by atoms with E-state index in [0.29, 0.717) is 6.54 Å². The van der Waals surface area contributed by atoms with Gasteiger partial charge in [-0.25, -0.2) is 4.79 Å². The highest BCUT2D eigenvalue weighted by Gasteiger charge is 2.45. The van der Waals surface area contributed by atoms with Crippen molar-refractivity contribution in [3.8, 4) is 16.9 Å². The van der Waals surface area contributed by atoms with Gasteiger partial charge in [0.1, 0.15) is 11.4 Å². The largest absolute Gasteiger partial charge is 0.497 e. The molecule has 1 aliphatic carbocycles. The highest BCUT2D eigenvalue weighted by atomic mass is 16.6. The number of nitrogens with zero attached hydrogens (tertiary/aromatic N) is 1. The van der Waals surface area contributed by atoms with Gasteiger partial charge in [-0.3, -0.25) is 4.90 Å². The number of amides is 1. The highest BCUT2D eigenvalue weighted by Crippen LogP contribution is 2.37. The lowest BCUT2D eigenvalue weighted by atomic mass is 9.85. The maximum Gasteiger partial charge on any atom is 0.410 e. The quantitative estimate of drug-likeness (QED) is 0.776. The molecule has 26 heavy (non-hydrogen) atoms. The van der Waals surface area contributed by atoms with Gasteiger partial charge in [-0.15, -0.1) is 0 Å². The number of carbonyl (C=O) groups is 1. The molecule has 1 amide bonds. The Kier molecular flexibility index (Phi) is 4.58. The zero-order valence-corrected chi connectivity index (χ0v) is 15.2. The van der Waals surface area contributed by atoms with Crippen LogP contribution in [0.1, 0.15) is 37.7 Å². The van der Waals surface area contributed by atoms with Crippen LogP contribution in [0.3, 0.4) is 0 Å². The van der Waals surface area contributed by atoms with E-state index in [1.807, 2.05) is 23.1 Å². The average Bonchev–Trinajstić information content (AvgIpc) is 2.97. The first-order chi connectivity index (χ1) is 12.7. The van der Waals surface area contributed by atoms with E-state index < -0.39 is 0 Å². The topological polar surface area (TPSA) is 38.8 Å². The predicted octanol–water partition coefficient (Wildman–Crippen LogP) is 5.02. The van der Waals surface area contributed by atoms with Gasteiger partial charge in [-0.1, -0.05) is 42.8 Å². The molecule has 2 aromatic rings. The van der Waals surface area contributed by atoms with Gasteiger partial charge in [0.05, 0.1) is 13.7 Å². The van der Waals surface area contributed by atoms with Gasteiger partial charge in [0.2, 0.25) is 0 Å². The lowest BCUT2D eigenvalue weighted by Crippen LogP contribution is -2.36. The molecule has 1 saturated carbocycles. The zero-order chi connectivity index (χ0) is 18.0. The lowest BCUT2D eigenvalue weighted by molar-refractivity contribution is 0.0260. The summed E-state index contributed by atoms with van der Waals surface area (Å²) >= 11 is 0. The smallest absolute Gasteiger partial charge is 0.410 e. The summed E-state index contributed by atoms with van der Waals surface area (Å²) in [4.78, 5) is 14.2. The highest BCUT2D eigenvalue weighted by molar-refractivity contribution is 5.71. The maximum absolute atomic E-state index is 12.3. The predicted molar refractivity (Wildman–Crippen MR) is 101 cm³/mol. The number of benzene rings is 2. The van der Waals surface area contributed by atoms with Crippen molar-refractivity contribution in [2.45, 2.75) is 44.2 Å². The molecule has 136 valence electrons. The van der Waals surface area contributed by atoms with Crippen LogP contribution in [0, 0.1) is 0 Å². The summed E-state index contributed by atoms with van der Waals surface area (Å²) < 4.78 is 11.1. The van der Waals surface area contributed by atoms with Crippen molar-refractivity contribution in [3.63, 3.8) is 0 Å². The van der Waals surface area contributed by atoms with Crippen LogP contribution in [0.15, 0.2) is 48.5 Å². The van der Waals surface area contributed by atoms with Crippen LogP contribution in [0.5, 0.6) is 5.75 Å². The molecule has 0 N–H and O–H groups in total. The number of rotatable bonds is 4. The average molecular weight is 351 g/mol. The molecule has 0 radical (unpaired) electrons. The minimum absolute atomic E-state index is 0.163. The number of methoxy groups -OCH3 is 1. The first-order valence-corrected chi connectivity index (χ1v) is 9.39. The summed E-state index contributed by atoms with van der Waals surface area (Å²) in [6.45, 7) is 1.34. The normalized spacial score (nSPS) is 18.8. The van der Waals surface area contributed by atoms with E-state index in [2.05, 4.69) is 30.3 Å². The summed E-state index contributed by atoms with van der Waals surface area (Å²) in [5.74, 6) is 0.851. The van der Waals surface area contributed by atoms with Gasteiger partial charge in [-0.2, -0.15) is 0 Å². The Morgan fingerprint density at radius 3 is 2.54 bits per heavy atom. The molecule has 0 bridgehead atoms. The standard InChI is InChI=1S/C22H25NO3/c1-25-20-7-5-6-19(14-20)18-10-8-17(9-11-18)15-23-16-22(26-21(23)24)12-3-2-4-13-22/h5-11,14H,2-4,12-13,15-16H2,1H3. The second-order valence-electron chi connectivity index (χ2n) is 7.40. The van der Waals surface area contributed by atoms with Gasteiger partial charge in [-0.05, 0) is 54.5 Å². The van der Waals surface area contributed by atoms with E-state index in [4.69, 9.17) is 9.47 Å². The Balaban J connectivity index is 1.45. The second-order valence-corrected chi connectivity index (χ2v) is 7.40. The van der Waals surface area contributed by atoms with Gasteiger partial charge < -0.3 is 9.47 Å². The summed E-state index contributed by atoms with van der Waals surface area (Å²) in [5.41, 5.74) is 3.16. The number of ether oxygens (including phenoxy) is 2. The Labute approximate surface area is 154 Å². The van der Waals surface area contributed by atoms with Crippen molar-refractivity contribution in [1.82, 2.24) is 4.90 Å². The molecule has 1 heterocycles. The summed E-state index contributed by atoms with van der Waals surface area (Å²) in [6, 6.07) is 16.4. The van der Waals surface area contributed by atoms with E-state index in [1.54, 1.807) is 7.11 Å². The van der Waals surface area contributed by atoms with Gasteiger partial charge in [0, 0.05) is 6.54 Å². The first-order valence-electron chi connectivity index (χ1n) is 9.39. The van der Waals surface area contributed by atoms with Gasteiger partial charge in [0.15, 0.2) is 0 Å². The molecule has 2 fully saturated rings. The Morgan fingerprint density at radius 2 is 1.81 bits per heavy atom. The second kappa shape index (κ2) is 7.02. The fraction of sp³-hybridized carbons (Fsp3) is 0.409. The molecule has 4 heteroatoms. The number of hydrogen-bond donors (Lipinski definition) is 0. The van der Waals surface area contributed by atoms with Crippen LogP contribution in [-0.2, 0) is 11.3 Å². The van der Waals surface area contributed by atoms with E-state index in [-0.39, 0.29) is 11.7 Å². The van der Waals surface area contributed by atoms with E-state index in [1.165, 1.54) is 6.42 Å². The van der Waals surface area contributed by atoms with Crippen molar-refractivity contribution >= 4 is 6.09 Å². The molecular formula is C22H25NO3. The van der Waals surface area contributed by atoms with Crippen LogP contribution in [0.2, 0.25) is 0 Å². The summed E-state index contributed by atoms with van der Waals surface area (Å²) in [6.07, 6.45) is 5.43. The van der Waals surface area contributed by atoms with E-state index in [9.17, 15) is 4.79 Å². The number of carbonyl (C=O) groups excluding carboxylic acids is 1. The van der Waals surface area contributed by atoms with Crippen molar-refractivity contribution < 1.29 is 14.3 Å². The maximum atomic E-state index is 12.3. The molecule has 0 aromatic heterocycles. The lowest BCUT2D eigenvalue weighted by Gasteiger charge is -2.30. The van der Waals surface area contributed by atoms with Crippen LogP contribution in [-0.4, -0.2) is 30.2 Å². The third-order valence-electron chi connectivity index (χ3n) is 5.54. The molecule has 0 unspecified atom stereocenters. The fourth-order valence-electron chi connectivity index (χ4n) is 4.10. The minimum Gasteiger partial charge on any atom is -0.497 e. The van der Waals surface area contributed by atoms with Crippen molar-refractivity contribution in [3.05, 3.63) is 54.1 Å². The molecule has 2 aliphatic rings. The van der Waals surface area contributed by atoms with Crippen LogP contribution in [0.4, 0.5) is 4.79 Å². The Morgan fingerprint density at radius 1 is 1.04 bits per heavy atom. The minimum atomic E-state index is -0.226. The molecule has 2 aromatic carbocycles. The summed E-state index contributed by atoms with van der Waals surface area (Å²) in [7, 11) is 1.68. The summed E-state index contributed by atoms with van der Waals surface area (Å²) in [5, 5.41) is 0. The number of hydrogen-bond acceptors (Lipinski definition) is 3. The van der Waals surface area contributed by atoms with Crippen LogP contribution >= 0.6 is 0 Å². The fourth-order valence-corrected chi connectivity index (χ4v) is 4.10. The Bertz CT molecular complexity index is 778. The molecule has 4 rings (SSSR count).